The fourth-order valence-corrected chi connectivity index (χ4v) is 5.54. The molecule has 4 rings (SSSR count). The molecule has 2 aromatic carbocycles. The van der Waals surface area contributed by atoms with Crippen LogP contribution in [0, 0.1) is 6.92 Å². The molecule has 0 saturated carbocycles. The summed E-state index contributed by atoms with van der Waals surface area (Å²) in [5.74, 6) is -1.26. The lowest BCUT2D eigenvalue weighted by Gasteiger charge is -2.36. The number of aryl methyl sites for hydroxylation is 1. The molecule has 0 aliphatic carbocycles. The smallest absolute Gasteiger partial charge is 0.288 e. The van der Waals surface area contributed by atoms with Crippen LogP contribution in [0.3, 0.4) is 0 Å². The monoisotopic (exact) mass is 539 g/mol. The van der Waals surface area contributed by atoms with Gasteiger partial charge in [0, 0.05) is 31.7 Å². The van der Waals surface area contributed by atoms with Crippen molar-refractivity contribution in [2.75, 3.05) is 32.8 Å². The number of hydrogen-bond acceptors (Lipinski definition) is 7. The number of rotatable bonds is 8. The van der Waals surface area contributed by atoms with Crippen LogP contribution in [-0.2, 0) is 14.6 Å². The average Bonchev–Trinajstić information content (AvgIpc) is 3.47. The lowest BCUT2D eigenvalue weighted by atomic mass is 10.1. The number of amides is 3. The molecule has 0 spiro atoms. The first kappa shape index (κ1) is 26.9. The number of nitrogens with one attached hydrogen (secondary N) is 1. The van der Waals surface area contributed by atoms with E-state index in [1.807, 2.05) is 13.8 Å². The highest BCUT2D eigenvalue weighted by atomic mass is 32.2. The number of piperazine rings is 1. The van der Waals surface area contributed by atoms with Gasteiger partial charge in [0.25, 0.3) is 17.7 Å². The van der Waals surface area contributed by atoms with Gasteiger partial charge in [-0.3, -0.25) is 14.4 Å². The molecule has 1 atom stereocenters. The van der Waals surface area contributed by atoms with Gasteiger partial charge >= 0.3 is 0 Å². The third-order valence-electron chi connectivity index (χ3n) is 6.18. The summed E-state index contributed by atoms with van der Waals surface area (Å²) in [7, 11) is -4.29. The highest BCUT2D eigenvalue weighted by molar-refractivity contribution is 7.92. The largest absolute Gasteiger partial charge is 0.494 e. The number of benzene rings is 2. The second-order valence-electron chi connectivity index (χ2n) is 8.76. The lowest BCUT2D eigenvalue weighted by molar-refractivity contribution is -0.132. The van der Waals surface area contributed by atoms with Gasteiger partial charge in [-0.25, -0.2) is 8.42 Å². The Balaban J connectivity index is 1.49. The highest BCUT2D eigenvalue weighted by Gasteiger charge is 2.40. The standard InChI is InChI=1S/C27H29N3O7S/c1-3-36-21-10-8-20(9-11-21)26(32)29-14-16-30(17-15-29)27(33)25(28-24(31)23-5-4-18-37-23)38(34,35)22-12-6-19(2)7-13-22/h4-13,18,25H,3,14-17H2,1-2H3,(H,28,31)/t25-/m1/s1. The predicted molar refractivity (Wildman–Crippen MR) is 138 cm³/mol. The van der Waals surface area contributed by atoms with Crippen molar-refractivity contribution in [3.8, 4) is 5.75 Å². The molecule has 38 heavy (non-hydrogen) atoms. The molecular weight excluding hydrogens is 510 g/mol. The van der Waals surface area contributed by atoms with E-state index in [-0.39, 0.29) is 42.7 Å². The van der Waals surface area contributed by atoms with Gasteiger partial charge in [-0.2, -0.15) is 0 Å². The van der Waals surface area contributed by atoms with Crippen molar-refractivity contribution >= 4 is 27.6 Å². The topological polar surface area (TPSA) is 126 Å². The minimum Gasteiger partial charge on any atom is -0.494 e. The molecule has 200 valence electrons. The van der Waals surface area contributed by atoms with Crippen molar-refractivity contribution < 1.29 is 32.0 Å². The molecule has 1 aromatic heterocycles. The number of ether oxygens (including phenoxy) is 1. The molecule has 2 heterocycles. The summed E-state index contributed by atoms with van der Waals surface area (Å²) >= 11 is 0. The third kappa shape index (κ3) is 5.88. The van der Waals surface area contributed by atoms with Gasteiger partial charge in [0.1, 0.15) is 5.75 Å². The van der Waals surface area contributed by atoms with E-state index in [1.165, 1.54) is 35.4 Å². The molecule has 1 aliphatic heterocycles. The van der Waals surface area contributed by atoms with E-state index in [9.17, 15) is 22.8 Å². The fraction of sp³-hybridized carbons (Fsp3) is 0.296. The molecular formula is C27H29N3O7S. The third-order valence-corrected chi connectivity index (χ3v) is 8.05. The first-order valence-corrected chi connectivity index (χ1v) is 13.7. The Morgan fingerprint density at radius 2 is 1.58 bits per heavy atom. The summed E-state index contributed by atoms with van der Waals surface area (Å²) in [5.41, 5.74) is 1.33. The van der Waals surface area contributed by atoms with Crippen molar-refractivity contribution in [1.29, 1.82) is 0 Å². The van der Waals surface area contributed by atoms with E-state index >= 15 is 0 Å². The number of carbonyl (C=O) groups excluding carboxylic acids is 3. The van der Waals surface area contributed by atoms with Crippen LogP contribution in [0.2, 0.25) is 0 Å². The molecule has 11 heteroatoms. The maximum atomic E-state index is 13.5. The Morgan fingerprint density at radius 3 is 2.16 bits per heavy atom. The lowest BCUT2D eigenvalue weighted by Crippen LogP contribution is -2.57. The molecule has 1 N–H and O–H groups in total. The van der Waals surface area contributed by atoms with E-state index < -0.39 is 27.0 Å². The Hall–Kier alpha value is -4.12. The molecule has 0 unspecified atom stereocenters. The van der Waals surface area contributed by atoms with Crippen molar-refractivity contribution in [3.63, 3.8) is 0 Å². The molecule has 1 aliphatic rings. The van der Waals surface area contributed by atoms with Crippen LogP contribution < -0.4 is 10.1 Å². The molecule has 3 amide bonds. The minimum atomic E-state index is -4.29. The number of nitrogens with zero attached hydrogens (tertiary/aromatic N) is 2. The quantitative estimate of drug-likeness (QED) is 0.466. The van der Waals surface area contributed by atoms with Crippen molar-refractivity contribution in [3.05, 3.63) is 83.8 Å². The molecule has 0 bridgehead atoms. The summed E-state index contributed by atoms with van der Waals surface area (Å²) in [6.45, 7) is 4.84. The average molecular weight is 540 g/mol. The zero-order chi connectivity index (χ0) is 27.3. The zero-order valence-corrected chi connectivity index (χ0v) is 21.9. The van der Waals surface area contributed by atoms with E-state index in [1.54, 1.807) is 41.3 Å². The summed E-state index contributed by atoms with van der Waals surface area (Å²) < 4.78 is 37.5. The van der Waals surface area contributed by atoms with Crippen LogP contribution in [0.15, 0.2) is 76.2 Å². The van der Waals surface area contributed by atoms with Crippen LogP contribution >= 0.6 is 0 Å². The van der Waals surface area contributed by atoms with Crippen LogP contribution in [-0.4, -0.2) is 74.1 Å². The number of furan rings is 1. The van der Waals surface area contributed by atoms with E-state index in [0.29, 0.717) is 17.9 Å². The van der Waals surface area contributed by atoms with Gasteiger partial charge in [0.05, 0.1) is 17.8 Å². The van der Waals surface area contributed by atoms with Crippen molar-refractivity contribution in [2.24, 2.45) is 0 Å². The van der Waals surface area contributed by atoms with Crippen molar-refractivity contribution in [2.45, 2.75) is 24.1 Å². The minimum absolute atomic E-state index is 0.0921. The normalized spacial score (nSPS) is 14.6. The zero-order valence-electron chi connectivity index (χ0n) is 21.1. The van der Waals surface area contributed by atoms with E-state index in [4.69, 9.17) is 9.15 Å². The second kappa shape index (κ2) is 11.5. The number of carbonyl (C=O) groups is 3. The first-order valence-electron chi connectivity index (χ1n) is 12.2. The molecule has 1 fully saturated rings. The Bertz CT molecular complexity index is 1380. The second-order valence-corrected chi connectivity index (χ2v) is 10.8. The number of hydrogen-bond donors (Lipinski definition) is 1. The van der Waals surface area contributed by atoms with E-state index in [0.717, 1.165) is 5.56 Å². The Kier molecular flexibility index (Phi) is 8.16. The van der Waals surface area contributed by atoms with Gasteiger partial charge in [-0.05, 0) is 62.4 Å². The molecule has 1 saturated heterocycles. The summed E-state index contributed by atoms with van der Waals surface area (Å²) in [5, 5.41) is 0.476. The SMILES string of the molecule is CCOc1ccc(C(=O)N2CCN(C(=O)[C@H](NC(=O)c3ccco3)S(=O)(=O)c3ccc(C)cc3)CC2)cc1. The van der Waals surface area contributed by atoms with Gasteiger partial charge in [-0.15, -0.1) is 0 Å². The Morgan fingerprint density at radius 1 is 0.947 bits per heavy atom. The van der Waals surface area contributed by atoms with Crippen LogP contribution in [0.25, 0.3) is 0 Å². The van der Waals surface area contributed by atoms with Crippen LogP contribution in [0.5, 0.6) is 5.75 Å². The summed E-state index contributed by atoms with van der Waals surface area (Å²) in [6, 6.07) is 15.7. The van der Waals surface area contributed by atoms with Crippen LogP contribution in [0.4, 0.5) is 0 Å². The summed E-state index contributed by atoms with van der Waals surface area (Å²) in [4.78, 5) is 42.0. The Labute approximate surface area is 221 Å². The van der Waals surface area contributed by atoms with Gasteiger partial charge in [0.15, 0.2) is 5.76 Å². The highest BCUT2D eigenvalue weighted by Crippen LogP contribution is 2.20. The first-order chi connectivity index (χ1) is 18.2. The maximum absolute atomic E-state index is 13.5. The van der Waals surface area contributed by atoms with E-state index in [2.05, 4.69) is 5.32 Å². The molecule has 0 radical (unpaired) electrons. The molecule has 3 aromatic rings. The fourth-order valence-electron chi connectivity index (χ4n) is 4.07. The summed E-state index contributed by atoms with van der Waals surface area (Å²) in [6.07, 6.45) is 1.28. The van der Waals surface area contributed by atoms with Crippen molar-refractivity contribution in [1.82, 2.24) is 15.1 Å². The molecule has 10 nitrogen and oxygen atoms in total. The van der Waals surface area contributed by atoms with Gasteiger partial charge < -0.3 is 24.3 Å². The predicted octanol–water partition coefficient (Wildman–Crippen LogP) is 2.50. The van der Waals surface area contributed by atoms with Gasteiger partial charge in [0.2, 0.25) is 15.2 Å². The number of sulfone groups is 1. The van der Waals surface area contributed by atoms with Gasteiger partial charge in [-0.1, -0.05) is 17.7 Å². The maximum Gasteiger partial charge on any atom is 0.288 e. The van der Waals surface area contributed by atoms with Crippen LogP contribution in [0.1, 0.15) is 33.4 Å².